The van der Waals surface area contributed by atoms with Crippen molar-refractivity contribution >= 4 is 28.9 Å². The molecule has 0 radical (unpaired) electrons. The molecule has 0 heterocycles. The van der Waals surface area contributed by atoms with Gasteiger partial charge >= 0.3 is 5.97 Å². The first-order valence-corrected chi connectivity index (χ1v) is 5.88. The van der Waals surface area contributed by atoms with E-state index in [1.807, 2.05) is 6.07 Å². The van der Waals surface area contributed by atoms with Crippen molar-refractivity contribution in [3.63, 3.8) is 0 Å². The maximum absolute atomic E-state index is 13.0. The summed E-state index contributed by atoms with van der Waals surface area (Å²) in [5, 5.41) is 20.8. The number of rotatable bonds is 3. The summed E-state index contributed by atoms with van der Waals surface area (Å²) in [7, 11) is 0. The average molecular weight is 291 g/mol. The predicted octanol–water partition coefficient (Wildman–Crippen LogP) is 3.79. The van der Waals surface area contributed by atoms with E-state index >= 15 is 0 Å². The van der Waals surface area contributed by atoms with E-state index in [0.717, 1.165) is 6.07 Å². The molecule has 100 valence electrons. The van der Waals surface area contributed by atoms with E-state index in [1.165, 1.54) is 30.3 Å². The molecule has 4 nitrogen and oxygen atoms in total. The number of benzene rings is 2. The zero-order chi connectivity index (χ0) is 14.7. The second kappa shape index (κ2) is 5.59. The molecule has 0 saturated heterocycles. The van der Waals surface area contributed by atoms with E-state index in [9.17, 15) is 9.18 Å². The van der Waals surface area contributed by atoms with Crippen LogP contribution in [0.5, 0.6) is 0 Å². The van der Waals surface area contributed by atoms with E-state index in [2.05, 4.69) is 5.32 Å². The fourth-order valence-corrected chi connectivity index (χ4v) is 1.90. The van der Waals surface area contributed by atoms with Crippen LogP contribution >= 0.6 is 11.6 Å². The third-order valence-electron chi connectivity index (χ3n) is 2.58. The molecule has 0 atom stereocenters. The van der Waals surface area contributed by atoms with E-state index < -0.39 is 11.8 Å². The number of nitrogens with one attached hydrogen (secondary N) is 1. The summed E-state index contributed by atoms with van der Waals surface area (Å²) in [6.07, 6.45) is 0. The molecule has 2 N–H and O–H groups in total. The Bertz CT molecular complexity index is 726. The van der Waals surface area contributed by atoms with Crippen LogP contribution < -0.4 is 5.32 Å². The highest BCUT2D eigenvalue weighted by molar-refractivity contribution is 6.33. The third kappa shape index (κ3) is 2.87. The van der Waals surface area contributed by atoms with E-state index in [4.69, 9.17) is 22.0 Å². The Morgan fingerprint density at radius 1 is 1.30 bits per heavy atom. The number of anilines is 2. The van der Waals surface area contributed by atoms with Gasteiger partial charge in [-0.15, -0.1) is 0 Å². The number of halogens is 2. The number of nitrogens with zero attached hydrogens (tertiary/aromatic N) is 1. The van der Waals surface area contributed by atoms with Crippen LogP contribution in [0, 0.1) is 17.1 Å². The first-order valence-electron chi connectivity index (χ1n) is 5.51. The maximum Gasteiger partial charge on any atom is 0.337 e. The number of nitriles is 1. The molecule has 2 aromatic carbocycles. The molecular formula is C14H8ClFN2O2. The van der Waals surface area contributed by atoms with Crippen LogP contribution in [0.2, 0.25) is 5.02 Å². The molecule has 0 aliphatic rings. The van der Waals surface area contributed by atoms with Crippen molar-refractivity contribution in [2.75, 3.05) is 5.32 Å². The van der Waals surface area contributed by atoms with Crippen LogP contribution in [0.25, 0.3) is 0 Å². The SMILES string of the molecule is N#Cc1cc(F)ccc1Nc1ccc(C(=O)O)c(Cl)c1. The van der Waals surface area contributed by atoms with Crippen LogP contribution in [0.1, 0.15) is 15.9 Å². The van der Waals surface area contributed by atoms with Crippen molar-refractivity contribution in [3.05, 3.63) is 58.4 Å². The van der Waals surface area contributed by atoms with Gasteiger partial charge in [-0.1, -0.05) is 11.6 Å². The van der Waals surface area contributed by atoms with E-state index in [-0.39, 0.29) is 16.1 Å². The van der Waals surface area contributed by atoms with Crippen LogP contribution in [0.4, 0.5) is 15.8 Å². The first kappa shape index (κ1) is 13.8. The lowest BCUT2D eigenvalue weighted by atomic mass is 10.1. The van der Waals surface area contributed by atoms with Crippen molar-refractivity contribution in [1.82, 2.24) is 0 Å². The molecule has 0 aliphatic heterocycles. The lowest BCUT2D eigenvalue weighted by molar-refractivity contribution is 0.0697. The summed E-state index contributed by atoms with van der Waals surface area (Å²) in [5.41, 5.74) is 1.04. The third-order valence-corrected chi connectivity index (χ3v) is 2.89. The lowest BCUT2D eigenvalue weighted by Gasteiger charge is -2.09. The highest BCUT2D eigenvalue weighted by atomic mass is 35.5. The smallest absolute Gasteiger partial charge is 0.337 e. The van der Waals surface area contributed by atoms with Gasteiger partial charge in [-0.2, -0.15) is 5.26 Å². The molecule has 0 aliphatic carbocycles. The van der Waals surface area contributed by atoms with Gasteiger partial charge in [0, 0.05) is 5.69 Å². The molecule has 6 heteroatoms. The summed E-state index contributed by atoms with van der Waals surface area (Å²) in [4.78, 5) is 10.8. The number of aromatic carboxylic acids is 1. The standard InChI is InChI=1S/C14H8ClFN2O2/c15-12-6-10(2-3-11(12)14(19)20)18-13-4-1-9(16)5-8(13)7-17/h1-6,18H,(H,19,20). The summed E-state index contributed by atoms with van der Waals surface area (Å²) in [6.45, 7) is 0. The average Bonchev–Trinajstić information content (AvgIpc) is 2.40. The Labute approximate surface area is 119 Å². The number of hydrogen-bond donors (Lipinski definition) is 2. The zero-order valence-electron chi connectivity index (χ0n) is 10.0. The minimum atomic E-state index is -1.12. The highest BCUT2D eigenvalue weighted by Gasteiger charge is 2.10. The van der Waals surface area contributed by atoms with Crippen LogP contribution in [-0.2, 0) is 0 Å². The van der Waals surface area contributed by atoms with Crippen molar-refractivity contribution in [2.45, 2.75) is 0 Å². The summed E-state index contributed by atoms with van der Waals surface area (Å²) in [6, 6.07) is 9.91. The Kier molecular flexibility index (Phi) is 3.87. The van der Waals surface area contributed by atoms with Crippen LogP contribution in [-0.4, -0.2) is 11.1 Å². The van der Waals surface area contributed by atoms with Crippen LogP contribution in [0.15, 0.2) is 36.4 Å². The molecule has 0 aromatic heterocycles. The van der Waals surface area contributed by atoms with Crippen molar-refractivity contribution in [1.29, 1.82) is 5.26 Å². The number of carboxylic acids is 1. The normalized spacial score (nSPS) is 9.85. The predicted molar refractivity (Wildman–Crippen MR) is 72.8 cm³/mol. The van der Waals surface area contributed by atoms with Gasteiger partial charge in [-0.05, 0) is 36.4 Å². The second-order valence-electron chi connectivity index (χ2n) is 3.93. The summed E-state index contributed by atoms with van der Waals surface area (Å²) < 4.78 is 13.0. The Hall–Kier alpha value is -2.58. The molecule has 0 spiro atoms. The Balaban J connectivity index is 2.34. The zero-order valence-corrected chi connectivity index (χ0v) is 10.8. The molecule has 2 aromatic rings. The Morgan fingerprint density at radius 2 is 2.05 bits per heavy atom. The molecule has 0 fully saturated rings. The number of carbonyl (C=O) groups is 1. The van der Waals surface area contributed by atoms with Gasteiger partial charge in [-0.25, -0.2) is 9.18 Å². The second-order valence-corrected chi connectivity index (χ2v) is 4.33. The molecule has 0 amide bonds. The van der Waals surface area contributed by atoms with Gasteiger partial charge < -0.3 is 10.4 Å². The van der Waals surface area contributed by atoms with Gasteiger partial charge in [0.1, 0.15) is 11.9 Å². The largest absolute Gasteiger partial charge is 0.478 e. The molecule has 0 bridgehead atoms. The molecule has 0 unspecified atom stereocenters. The van der Waals surface area contributed by atoms with E-state index in [1.54, 1.807) is 0 Å². The number of carboxylic acid groups (broad SMARTS) is 1. The Morgan fingerprint density at radius 3 is 2.65 bits per heavy atom. The molecule has 0 saturated carbocycles. The van der Waals surface area contributed by atoms with Crippen molar-refractivity contribution in [3.8, 4) is 6.07 Å². The minimum Gasteiger partial charge on any atom is -0.478 e. The van der Waals surface area contributed by atoms with Crippen LogP contribution in [0.3, 0.4) is 0 Å². The van der Waals surface area contributed by atoms with Gasteiger partial charge in [0.2, 0.25) is 0 Å². The first-order chi connectivity index (χ1) is 9.51. The summed E-state index contributed by atoms with van der Waals surface area (Å²) in [5.74, 6) is -1.63. The fourth-order valence-electron chi connectivity index (χ4n) is 1.64. The molecule has 2 rings (SSSR count). The number of hydrogen-bond acceptors (Lipinski definition) is 3. The topological polar surface area (TPSA) is 73.1 Å². The summed E-state index contributed by atoms with van der Waals surface area (Å²) >= 11 is 5.84. The van der Waals surface area contributed by atoms with Gasteiger partial charge in [0.25, 0.3) is 0 Å². The van der Waals surface area contributed by atoms with Crippen molar-refractivity contribution in [2.24, 2.45) is 0 Å². The van der Waals surface area contributed by atoms with Crippen molar-refractivity contribution < 1.29 is 14.3 Å². The molecule has 20 heavy (non-hydrogen) atoms. The van der Waals surface area contributed by atoms with Gasteiger partial charge in [0.15, 0.2) is 0 Å². The quantitative estimate of drug-likeness (QED) is 0.902. The minimum absolute atomic E-state index is 0.0168. The van der Waals surface area contributed by atoms with Gasteiger partial charge in [0.05, 0.1) is 21.8 Å². The van der Waals surface area contributed by atoms with Gasteiger partial charge in [-0.3, -0.25) is 0 Å². The molecular weight excluding hydrogens is 283 g/mol. The van der Waals surface area contributed by atoms with E-state index in [0.29, 0.717) is 11.4 Å². The lowest BCUT2D eigenvalue weighted by Crippen LogP contribution is -1.99. The highest BCUT2D eigenvalue weighted by Crippen LogP contribution is 2.25. The monoisotopic (exact) mass is 290 g/mol. The maximum atomic E-state index is 13.0. The fraction of sp³-hybridized carbons (Fsp3) is 0.